The highest BCUT2D eigenvalue weighted by Crippen LogP contribution is 2.64. The molecule has 180 valence electrons. The van der Waals surface area contributed by atoms with Gasteiger partial charge in [-0.3, -0.25) is 14.6 Å². The van der Waals surface area contributed by atoms with Crippen LogP contribution >= 0.6 is 11.6 Å². The van der Waals surface area contributed by atoms with Crippen molar-refractivity contribution in [1.29, 1.82) is 0 Å². The zero-order valence-electron chi connectivity index (χ0n) is 17.5. The topological polar surface area (TPSA) is 71.1 Å². The molecule has 2 saturated heterocycles. The highest BCUT2D eigenvalue weighted by atomic mass is 35.5. The molecule has 33 heavy (non-hydrogen) atoms. The van der Waals surface area contributed by atoms with Gasteiger partial charge in [-0.1, -0.05) is 11.6 Å². The Balaban J connectivity index is 1.06. The molecule has 7 nitrogen and oxygen atoms in total. The lowest BCUT2D eigenvalue weighted by atomic mass is 9.43. The molecule has 2 aliphatic heterocycles. The average Bonchev–Trinajstić information content (AvgIpc) is 3.01. The molecule has 5 aliphatic rings. The van der Waals surface area contributed by atoms with Crippen LogP contribution in [-0.4, -0.2) is 77.9 Å². The SMILES string of the molecule is O=C(COc1ccc(Cl)c(F)c1)NC12CC(N3C[C@H](C4CN(CC(F)(F)F)C4)OC3=O)(C1)C2. The fourth-order valence-electron chi connectivity index (χ4n) is 5.55. The molecular formula is C21H22ClF4N3O4. The molecule has 0 aromatic heterocycles. The molecule has 0 spiro atoms. The number of alkyl halides is 3. The Hall–Kier alpha value is -2.27. The summed E-state index contributed by atoms with van der Waals surface area (Å²) < 4.78 is 61.6. The van der Waals surface area contributed by atoms with Crippen LogP contribution in [0.25, 0.3) is 0 Å². The number of hydrogen-bond donors (Lipinski definition) is 1. The van der Waals surface area contributed by atoms with E-state index in [0.717, 1.165) is 6.07 Å². The molecule has 1 N–H and O–H groups in total. The molecule has 0 radical (unpaired) electrons. The number of likely N-dealkylation sites (tertiary alicyclic amines) is 1. The van der Waals surface area contributed by atoms with E-state index >= 15 is 0 Å². The first kappa shape index (κ1) is 22.5. The van der Waals surface area contributed by atoms with Gasteiger partial charge in [0, 0.05) is 30.6 Å². The molecule has 0 unspecified atom stereocenters. The highest BCUT2D eigenvalue weighted by Gasteiger charge is 2.73. The van der Waals surface area contributed by atoms with E-state index < -0.39 is 36.3 Å². The van der Waals surface area contributed by atoms with Crippen LogP contribution in [0.1, 0.15) is 19.3 Å². The van der Waals surface area contributed by atoms with Gasteiger partial charge in [-0.05, 0) is 31.4 Å². The fourth-order valence-corrected chi connectivity index (χ4v) is 5.66. The number of ether oxygens (including phenoxy) is 2. The lowest BCUT2D eigenvalue weighted by Gasteiger charge is -2.72. The molecule has 1 atom stereocenters. The van der Waals surface area contributed by atoms with Crippen LogP contribution in [0, 0.1) is 11.7 Å². The predicted molar refractivity (Wildman–Crippen MR) is 107 cm³/mol. The standard InChI is InChI=1S/C21H22ClF4N3O4/c22-14-2-1-13(3-15(14)23)32-7-17(30)27-19-8-20(9-19,10-19)29-6-16(33-18(29)31)12-4-28(5-12)11-21(24,25)26/h1-3,12,16H,4-11H2,(H,27,30)/t16-,19?,20?/m1/s1. The van der Waals surface area contributed by atoms with Crippen molar-refractivity contribution in [1.82, 2.24) is 15.1 Å². The van der Waals surface area contributed by atoms with Crippen molar-refractivity contribution in [2.45, 2.75) is 42.6 Å². The summed E-state index contributed by atoms with van der Waals surface area (Å²) in [5.74, 6) is -0.893. The number of carbonyl (C=O) groups is 2. The molecule has 2 bridgehead atoms. The third-order valence-electron chi connectivity index (χ3n) is 6.99. The molecule has 2 heterocycles. The number of hydrogen-bond acceptors (Lipinski definition) is 5. The quantitative estimate of drug-likeness (QED) is 0.594. The van der Waals surface area contributed by atoms with Crippen LogP contribution in [0.4, 0.5) is 22.4 Å². The van der Waals surface area contributed by atoms with Gasteiger partial charge in [0.2, 0.25) is 0 Å². The van der Waals surface area contributed by atoms with Gasteiger partial charge in [0.15, 0.2) is 6.61 Å². The molecule has 12 heteroatoms. The number of carbonyl (C=O) groups excluding carboxylic acids is 2. The first-order valence-corrected chi connectivity index (χ1v) is 11.0. The number of nitrogens with zero attached hydrogens (tertiary/aromatic N) is 2. The van der Waals surface area contributed by atoms with Crippen molar-refractivity contribution in [2.75, 3.05) is 32.8 Å². The van der Waals surface area contributed by atoms with E-state index in [1.165, 1.54) is 17.0 Å². The maximum absolute atomic E-state index is 13.5. The molecule has 2 amide bonds. The van der Waals surface area contributed by atoms with Crippen LogP contribution in [0.2, 0.25) is 5.02 Å². The minimum atomic E-state index is -4.23. The van der Waals surface area contributed by atoms with Crippen molar-refractivity contribution in [3.8, 4) is 5.75 Å². The van der Waals surface area contributed by atoms with Crippen LogP contribution < -0.4 is 10.1 Å². The third kappa shape index (κ3) is 4.21. The lowest BCUT2D eigenvalue weighted by molar-refractivity contribution is -0.168. The largest absolute Gasteiger partial charge is 0.484 e. The second-order valence-corrected chi connectivity index (χ2v) is 9.96. The first-order valence-electron chi connectivity index (χ1n) is 10.6. The molecule has 5 fully saturated rings. The maximum atomic E-state index is 13.5. The van der Waals surface area contributed by atoms with Crippen molar-refractivity contribution < 1.29 is 36.6 Å². The lowest BCUT2D eigenvalue weighted by Crippen LogP contribution is -2.84. The summed E-state index contributed by atoms with van der Waals surface area (Å²) in [6.07, 6.45) is -3.31. The normalized spacial score (nSPS) is 31.4. The van der Waals surface area contributed by atoms with Gasteiger partial charge < -0.3 is 14.8 Å². The van der Waals surface area contributed by atoms with Crippen LogP contribution in [0.3, 0.4) is 0 Å². The van der Waals surface area contributed by atoms with Gasteiger partial charge in [-0.25, -0.2) is 9.18 Å². The number of halogens is 5. The van der Waals surface area contributed by atoms with Crippen LogP contribution in [-0.2, 0) is 9.53 Å². The van der Waals surface area contributed by atoms with Gasteiger partial charge in [0.25, 0.3) is 5.91 Å². The Kier molecular flexibility index (Phi) is 5.20. The predicted octanol–water partition coefficient (Wildman–Crippen LogP) is 2.96. The van der Waals surface area contributed by atoms with Crippen molar-refractivity contribution in [3.05, 3.63) is 29.0 Å². The molecule has 3 aliphatic carbocycles. The minimum Gasteiger partial charge on any atom is -0.484 e. The van der Waals surface area contributed by atoms with Crippen LogP contribution in [0.15, 0.2) is 18.2 Å². The summed E-state index contributed by atoms with van der Waals surface area (Å²) >= 11 is 5.62. The van der Waals surface area contributed by atoms with E-state index in [2.05, 4.69) is 5.32 Å². The summed E-state index contributed by atoms with van der Waals surface area (Å²) in [5.41, 5.74) is -0.765. The number of benzene rings is 1. The second kappa shape index (κ2) is 7.63. The average molecular weight is 492 g/mol. The number of amides is 2. The van der Waals surface area contributed by atoms with Gasteiger partial charge >= 0.3 is 12.3 Å². The Morgan fingerprint density at radius 2 is 1.94 bits per heavy atom. The Labute approximate surface area is 191 Å². The molecule has 1 aromatic rings. The van der Waals surface area contributed by atoms with Gasteiger partial charge in [-0.15, -0.1) is 0 Å². The first-order chi connectivity index (χ1) is 15.5. The minimum absolute atomic E-state index is 0.0374. The summed E-state index contributed by atoms with van der Waals surface area (Å²) in [6, 6.07) is 3.91. The molecule has 6 rings (SSSR count). The van der Waals surface area contributed by atoms with E-state index in [1.807, 2.05) is 0 Å². The molecule has 1 aromatic carbocycles. The summed E-state index contributed by atoms with van der Waals surface area (Å²) in [6.45, 7) is -0.347. The number of nitrogens with one attached hydrogen (secondary N) is 1. The Bertz CT molecular complexity index is 965. The van der Waals surface area contributed by atoms with E-state index in [0.29, 0.717) is 25.8 Å². The van der Waals surface area contributed by atoms with Gasteiger partial charge in [-0.2, -0.15) is 13.2 Å². The second-order valence-electron chi connectivity index (χ2n) is 9.55. The monoisotopic (exact) mass is 491 g/mol. The fraction of sp³-hybridized carbons (Fsp3) is 0.619. The third-order valence-corrected chi connectivity index (χ3v) is 7.30. The Morgan fingerprint density at radius 1 is 1.24 bits per heavy atom. The zero-order valence-corrected chi connectivity index (χ0v) is 18.2. The van der Waals surface area contributed by atoms with E-state index in [1.54, 1.807) is 4.90 Å². The molecule has 3 saturated carbocycles. The van der Waals surface area contributed by atoms with Crippen molar-refractivity contribution in [2.24, 2.45) is 5.92 Å². The van der Waals surface area contributed by atoms with Gasteiger partial charge in [0.05, 0.1) is 23.7 Å². The van der Waals surface area contributed by atoms with Crippen LogP contribution in [0.5, 0.6) is 5.75 Å². The smallest absolute Gasteiger partial charge is 0.410 e. The van der Waals surface area contributed by atoms with E-state index in [4.69, 9.17) is 21.1 Å². The molecular weight excluding hydrogens is 470 g/mol. The van der Waals surface area contributed by atoms with E-state index in [9.17, 15) is 27.2 Å². The maximum Gasteiger partial charge on any atom is 0.410 e. The van der Waals surface area contributed by atoms with Gasteiger partial charge in [0.1, 0.15) is 17.7 Å². The Morgan fingerprint density at radius 3 is 2.58 bits per heavy atom. The zero-order chi connectivity index (χ0) is 23.6. The summed E-state index contributed by atoms with van der Waals surface area (Å²) in [4.78, 5) is 27.6. The number of rotatable bonds is 7. The summed E-state index contributed by atoms with van der Waals surface area (Å²) in [7, 11) is 0. The highest BCUT2D eigenvalue weighted by molar-refractivity contribution is 6.30. The number of cyclic esters (lactones) is 1. The van der Waals surface area contributed by atoms with E-state index in [-0.39, 0.29) is 47.8 Å². The van der Waals surface area contributed by atoms with Crippen molar-refractivity contribution >= 4 is 23.6 Å². The van der Waals surface area contributed by atoms with Crippen molar-refractivity contribution in [3.63, 3.8) is 0 Å². The summed E-state index contributed by atoms with van der Waals surface area (Å²) in [5, 5.41) is 2.89.